The smallest absolute Gasteiger partial charge is 0.201 e. The summed E-state index contributed by atoms with van der Waals surface area (Å²) in [5.41, 5.74) is 11.7. The largest absolute Gasteiger partial charge is 0.369 e. The number of hydrogen-bond acceptors (Lipinski definition) is 2. The first kappa shape index (κ1) is 13.8. The van der Waals surface area contributed by atoms with Crippen molar-refractivity contribution in [3.05, 3.63) is 66.4 Å². The Morgan fingerprint density at radius 3 is 2.57 bits per heavy atom. The fourth-order valence-electron chi connectivity index (χ4n) is 3.14. The predicted molar refractivity (Wildman–Crippen MR) is 95.7 cm³/mol. The van der Waals surface area contributed by atoms with Crippen LogP contribution < -0.4 is 5.73 Å². The number of hydrogen-bond donors (Lipinski definition) is 1. The summed E-state index contributed by atoms with van der Waals surface area (Å²) in [6, 6.07) is 18.9. The molecule has 1 unspecified atom stereocenters. The fraction of sp³-hybridized carbons (Fsp3) is 0.150. The van der Waals surface area contributed by atoms with Gasteiger partial charge in [-0.25, -0.2) is 4.98 Å². The number of nitrogens with two attached hydrogens (primary N) is 1. The Labute approximate surface area is 136 Å². The molecule has 0 saturated heterocycles. The van der Waals surface area contributed by atoms with Gasteiger partial charge in [0.1, 0.15) is 0 Å². The Morgan fingerprint density at radius 1 is 1.00 bits per heavy atom. The van der Waals surface area contributed by atoms with Gasteiger partial charge in [-0.1, -0.05) is 61.5 Å². The number of allylic oxidation sites excluding steroid dienone is 1. The number of nitrogens with zero attached hydrogens (tertiary/aromatic N) is 2. The normalized spacial score (nSPS) is 16.3. The van der Waals surface area contributed by atoms with Crippen LogP contribution in [0.5, 0.6) is 0 Å². The van der Waals surface area contributed by atoms with E-state index in [2.05, 4.69) is 77.2 Å². The second-order valence-corrected chi connectivity index (χ2v) is 6.10. The third kappa shape index (κ3) is 2.44. The molecule has 0 fully saturated rings. The van der Waals surface area contributed by atoms with E-state index in [4.69, 9.17) is 5.73 Å². The second-order valence-electron chi connectivity index (χ2n) is 6.10. The predicted octanol–water partition coefficient (Wildman–Crippen LogP) is 4.46. The molecule has 4 rings (SSSR count). The second kappa shape index (κ2) is 5.43. The minimum absolute atomic E-state index is 0.488. The van der Waals surface area contributed by atoms with Gasteiger partial charge in [0.25, 0.3) is 0 Å². The van der Waals surface area contributed by atoms with Crippen LogP contribution in [0.15, 0.2) is 60.7 Å². The van der Waals surface area contributed by atoms with Crippen LogP contribution in [0.3, 0.4) is 0 Å². The van der Waals surface area contributed by atoms with E-state index in [0.29, 0.717) is 11.9 Å². The molecule has 0 saturated carbocycles. The van der Waals surface area contributed by atoms with Crippen molar-refractivity contribution in [3.8, 4) is 22.4 Å². The summed E-state index contributed by atoms with van der Waals surface area (Å²) >= 11 is 0. The third-order valence-electron chi connectivity index (χ3n) is 4.33. The van der Waals surface area contributed by atoms with Crippen molar-refractivity contribution in [1.29, 1.82) is 0 Å². The van der Waals surface area contributed by atoms with Gasteiger partial charge in [-0.2, -0.15) is 0 Å². The highest BCUT2D eigenvalue weighted by Gasteiger charge is 2.19. The van der Waals surface area contributed by atoms with Gasteiger partial charge in [0.2, 0.25) is 5.95 Å². The molecule has 1 atom stereocenters. The van der Waals surface area contributed by atoms with Crippen molar-refractivity contribution in [2.45, 2.75) is 13.5 Å². The van der Waals surface area contributed by atoms with Gasteiger partial charge in [0, 0.05) is 12.1 Å². The zero-order valence-corrected chi connectivity index (χ0v) is 13.1. The molecule has 0 amide bonds. The summed E-state index contributed by atoms with van der Waals surface area (Å²) in [6.07, 6.45) is 4.36. The number of anilines is 1. The summed E-state index contributed by atoms with van der Waals surface area (Å²) in [7, 11) is 0. The fourth-order valence-corrected chi connectivity index (χ4v) is 3.14. The number of benzene rings is 2. The first-order valence-electron chi connectivity index (χ1n) is 7.92. The van der Waals surface area contributed by atoms with E-state index >= 15 is 0 Å². The van der Waals surface area contributed by atoms with Crippen molar-refractivity contribution in [1.82, 2.24) is 9.55 Å². The van der Waals surface area contributed by atoms with Crippen LogP contribution in [0.25, 0.3) is 28.5 Å². The van der Waals surface area contributed by atoms with E-state index < -0.39 is 0 Å². The number of nitrogen functional groups attached to an aromatic ring is 1. The van der Waals surface area contributed by atoms with Crippen LogP contribution in [0, 0.1) is 5.92 Å². The highest BCUT2D eigenvalue weighted by atomic mass is 15.2. The standard InChI is InChI=1S/C20H19N3/c1-14-10-11-18-19(22-20(21)23(18)13-14)17-9-5-8-16(12-17)15-6-3-2-4-7-15/h2-12,14H,13H2,1H3,(H2,21,22). The molecule has 114 valence electrons. The van der Waals surface area contributed by atoms with E-state index in [1.54, 1.807) is 0 Å². The molecule has 3 nitrogen and oxygen atoms in total. The lowest BCUT2D eigenvalue weighted by Gasteiger charge is -2.16. The van der Waals surface area contributed by atoms with Gasteiger partial charge in [-0.3, -0.25) is 0 Å². The quantitative estimate of drug-likeness (QED) is 0.759. The number of fused-ring (bicyclic) bond motifs is 1. The molecule has 23 heavy (non-hydrogen) atoms. The highest BCUT2D eigenvalue weighted by molar-refractivity contribution is 5.77. The van der Waals surface area contributed by atoms with E-state index in [0.717, 1.165) is 23.5 Å². The van der Waals surface area contributed by atoms with Gasteiger partial charge in [-0.05, 0) is 29.2 Å². The maximum Gasteiger partial charge on any atom is 0.201 e. The molecule has 1 aliphatic heterocycles. The van der Waals surface area contributed by atoms with E-state index in [1.165, 1.54) is 11.1 Å². The van der Waals surface area contributed by atoms with Crippen LogP contribution in [0.4, 0.5) is 5.95 Å². The molecule has 3 aromatic rings. The van der Waals surface area contributed by atoms with Gasteiger partial charge >= 0.3 is 0 Å². The molecule has 3 heteroatoms. The van der Waals surface area contributed by atoms with Crippen molar-refractivity contribution in [2.75, 3.05) is 5.73 Å². The van der Waals surface area contributed by atoms with E-state index in [1.807, 2.05) is 6.07 Å². The van der Waals surface area contributed by atoms with Crippen molar-refractivity contribution < 1.29 is 0 Å². The van der Waals surface area contributed by atoms with Gasteiger partial charge in [0.15, 0.2) is 0 Å². The van der Waals surface area contributed by atoms with E-state index in [-0.39, 0.29) is 0 Å². The Balaban J connectivity index is 1.82. The summed E-state index contributed by atoms with van der Waals surface area (Å²) < 4.78 is 2.11. The summed E-state index contributed by atoms with van der Waals surface area (Å²) in [5.74, 6) is 1.08. The van der Waals surface area contributed by atoms with Crippen LogP contribution in [-0.2, 0) is 6.54 Å². The van der Waals surface area contributed by atoms with Gasteiger partial charge in [-0.15, -0.1) is 0 Å². The first-order valence-corrected chi connectivity index (χ1v) is 7.92. The maximum atomic E-state index is 6.13. The lowest BCUT2D eigenvalue weighted by atomic mass is 10.00. The molecular weight excluding hydrogens is 282 g/mol. The molecule has 1 aliphatic rings. The molecule has 0 bridgehead atoms. The minimum Gasteiger partial charge on any atom is -0.369 e. The molecule has 2 N–H and O–H groups in total. The lowest BCUT2D eigenvalue weighted by molar-refractivity contribution is 0.564. The molecule has 0 radical (unpaired) electrons. The number of aromatic nitrogens is 2. The zero-order chi connectivity index (χ0) is 15.8. The molecule has 0 spiro atoms. The van der Waals surface area contributed by atoms with Gasteiger partial charge in [0.05, 0.1) is 11.4 Å². The topological polar surface area (TPSA) is 43.8 Å². The average Bonchev–Trinajstić information content (AvgIpc) is 2.92. The summed E-state index contributed by atoms with van der Waals surface area (Å²) in [4.78, 5) is 4.62. The molecule has 2 aromatic carbocycles. The van der Waals surface area contributed by atoms with Crippen LogP contribution in [-0.4, -0.2) is 9.55 Å². The molecule has 1 aromatic heterocycles. The van der Waals surface area contributed by atoms with Crippen molar-refractivity contribution in [3.63, 3.8) is 0 Å². The molecule has 0 aliphatic carbocycles. The highest BCUT2D eigenvalue weighted by Crippen LogP contribution is 2.32. The van der Waals surface area contributed by atoms with Gasteiger partial charge < -0.3 is 10.3 Å². The Kier molecular flexibility index (Phi) is 3.27. The summed E-state index contributed by atoms with van der Waals surface area (Å²) in [5, 5.41) is 0. The summed E-state index contributed by atoms with van der Waals surface area (Å²) in [6.45, 7) is 3.08. The zero-order valence-electron chi connectivity index (χ0n) is 13.1. The SMILES string of the molecule is CC1C=Cc2c(-c3cccc(-c4ccccc4)c3)nc(N)n2C1. The Bertz CT molecular complexity index is 875. The molecule has 2 heterocycles. The van der Waals surface area contributed by atoms with Crippen molar-refractivity contribution >= 4 is 12.0 Å². The Hall–Kier alpha value is -2.81. The average molecular weight is 301 g/mol. The first-order chi connectivity index (χ1) is 11.2. The van der Waals surface area contributed by atoms with Crippen LogP contribution >= 0.6 is 0 Å². The van der Waals surface area contributed by atoms with E-state index in [9.17, 15) is 0 Å². The number of imidazole rings is 1. The molecular formula is C20H19N3. The monoisotopic (exact) mass is 301 g/mol. The third-order valence-corrected chi connectivity index (χ3v) is 4.33. The number of rotatable bonds is 2. The van der Waals surface area contributed by atoms with Crippen LogP contribution in [0.1, 0.15) is 12.6 Å². The van der Waals surface area contributed by atoms with Crippen molar-refractivity contribution in [2.24, 2.45) is 5.92 Å². The lowest BCUT2D eigenvalue weighted by Crippen LogP contribution is -2.13. The maximum absolute atomic E-state index is 6.13. The minimum atomic E-state index is 0.488. The van der Waals surface area contributed by atoms with Crippen LogP contribution in [0.2, 0.25) is 0 Å². The Morgan fingerprint density at radius 2 is 1.74 bits per heavy atom.